The van der Waals surface area contributed by atoms with E-state index in [0.717, 1.165) is 25.2 Å². The summed E-state index contributed by atoms with van der Waals surface area (Å²) >= 11 is 0. The lowest BCUT2D eigenvalue weighted by atomic mass is 10.1. The zero-order valence-electron chi connectivity index (χ0n) is 14.2. The lowest BCUT2D eigenvalue weighted by molar-refractivity contribution is -0.115. The topological polar surface area (TPSA) is 44.4 Å². The Hall–Kier alpha value is -2.40. The van der Waals surface area contributed by atoms with Gasteiger partial charge in [-0.1, -0.05) is 18.2 Å². The van der Waals surface area contributed by atoms with E-state index in [-0.39, 0.29) is 18.1 Å². The molecular formula is C19H24FN3O. The summed E-state index contributed by atoms with van der Waals surface area (Å²) in [6, 6.07) is 13.8. The lowest BCUT2D eigenvalue weighted by Crippen LogP contribution is -2.16. The van der Waals surface area contributed by atoms with E-state index < -0.39 is 0 Å². The van der Waals surface area contributed by atoms with Crippen molar-refractivity contribution in [2.24, 2.45) is 0 Å². The summed E-state index contributed by atoms with van der Waals surface area (Å²) < 4.78 is 13.5. The Morgan fingerprint density at radius 1 is 1.04 bits per heavy atom. The minimum absolute atomic E-state index is 0.0250. The standard InChI is InChI=1S/C19H24FN3O/c1-23(2)13-5-12-21-16-8-10-17(11-9-16)22-19(24)14-15-6-3-4-7-18(15)20/h3-4,6-11,21H,5,12-14H2,1-2H3,(H,22,24). The van der Waals surface area contributed by atoms with E-state index in [0.29, 0.717) is 11.3 Å². The minimum Gasteiger partial charge on any atom is -0.385 e. The molecule has 0 saturated carbocycles. The number of rotatable bonds is 8. The molecule has 0 saturated heterocycles. The molecule has 0 aliphatic rings. The number of amides is 1. The van der Waals surface area contributed by atoms with Gasteiger partial charge in [0.15, 0.2) is 0 Å². The first-order valence-electron chi connectivity index (χ1n) is 8.06. The van der Waals surface area contributed by atoms with Crippen molar-refractivity contribution in [1.29, 1.82) is 0 Å². The van der Waals surface area contributed by atoms with Crippen LogP contribution in [0.4, 0.5) is 15.8 Å². The van der Waals surface area contributed by atoms with Crippen molar-refractivity contribution in [3.05, 3.63) is 59.9 Å². The molecule has 0 aromatic heterocycles. The molecule has 5 heteroatoms. The maximum absolute atomic E-state index is 13.5. The molecule has 1 amide bonds. The number of nitrogens with one attached hydrogen (secondary N) is 2. The van der Waals surface area contributed by atoms with Crippen LogP contribution in [-0.4, -0.2) is 38.0 Å². The molecule has 2 aromatic carbocycles. The van der Waals surface area contributed by atoms with Gasteiger partial charge in [-0.05, 0) is 63.0 Å². The van der Waals surface area contributed by atoms with Crippen LogP contribution in [0.2, 0.25) is 0 Å². The number of hydrogen-bond acceptors (Lipinski definition) is 3. The monoisotopic (exact) mass is 329 g/mol. The van der Waals surface area contributed by atoms with E-state index in [4.69, 9.17) is 0 Å². The molecule has 0 aliphatic carbocycles. The number of carbonyl (C=O) groups is 1. The third-order valence-corrected chi connectivity index (χ3v) is 3.59. The largest absolute Gasteiger partial charge is 0.385 e. The first kappa shape index (κ1) is 17.9. The highest BCUT2D eigenvalue weighted by Gasteiger charge is 2.07. The summed E-state index contributed by atoms with van der Waals surface area (Å²) in [6.45, 7) is 1.94. The Labute approximate surface area is 142 Å². The summed E-state index contributed by atoms with van der Waals surface area (Å²) in [4.78, 5) is 14.1. The van der Waals surface area contributed by atoms with Gasteiger partial charge >= 0.3 is 0 Å². The van der Waals surface area contributed by atoms with Crippen molar-refractivity contribution in [2.75, 3.05) is 37.8 Å². The lowest BCUT2D eigenvalue weighted by Gasteiger charge is -2.11. The predicted octanol–water partition coefficient (Wildman–Crippen LogP) is 3.37. The van der Waals surface area contributed by atoms with E-state index in [9.17, 15) is 9.18 Å². The number of hydrogen-bond donors (Lipinski definition) is 2. The Bertz CT molecular complexity index is 656. The van der Waals surface area contributed by atoms with Crippen LogP contribution in [0.5, 0.6) is 0 Å². The Balaban J connectivity index is 1.80. The smallest absolute Gasteiger partial charge is 0.228 e. The summed E-state index contributed by atoms with van der Waals surface area (Å²) in [5.41, 5.74) is 2.12. The average Bonchev–Trinajstić information content (AvgIpc) is 2.55. The van der Waals surface area contributed by atoms with Crippen LogP contribution >= 0.6 is 0 Å². The quantitative estimate of drug-likeness (QED) is 0.730. The van der Waals surface area contributed by atoms with Gasteiger partial charge < -0.3 is 15.5 Å². The highest BCUT2D eigenvalue weighted by atomic mass is 19.1. The van der Waals surface area contributed by atoms with Crippen molar-refractivity contribution < 1.29 is 9.18 Å². The molecule has 0 atom stereocenters. The molecule has 0 spiro atoms. The highest BCUT2D eigenvalue weighted by Crippen LogP contribution is 2.14. The number of benzene rings is 2. The molecule has 0 unspecified atom stereocenters. The van der Waals surface area contributed by atoms with Gasteiger partial charge in [0.05, 0.1) is 6.42 Å². The number of nitrogens with zero attached hydrogens (tertiary/aromatic N) is 1. The maximum atomic E-state index is 13.5. The van der Waals surface area contributed by atoms with E-state index >= 15 is 0 Å². The molecule has 2 aromatic rings. The molecule has 0 aliphatic heterocycles. The van der Waals surface area contributed by atoms with Crippen LogP contribution in [0.15, 0.2) is 48.5 Å². The molecule has 2 rings (SSSR count). The second-order valence-electron chi connectivity index (χ2n) is 5.98. The fraction of sp³-hybridized carbons (Fsp3) is 0.316. The zero-order valence-corrected chi connectivity index (χ0v) is 14.2. The molecule has 4 nitrogen and oxygen atoms in total. The van der Waals surface area contributed by atoms with Gasteiger partial charge in [0.1, 0.15) is 5.82 Å². The van der Waals surface area contributed by atoms with Crippen molar-refractivity contribution in [2.45, 2.75) is 12.8 Å². The first-order chi connectivity index (χ1) is 11.5. The van der Waals surface area contributed by atoms with E-state index in [2.05, 4.69) is 29.6 Å². The number of anilines is 2. The van der Waals surface area contributed by atoms with Crippen LogP contribution in [-0.2, 0) is 11.2 Å². The second-order valence-corrected chi connectivity index (χ2v) is 5.98. The Kier molecular flexibility index (Phi) is 6.75. The van der Waals surface area contributed by atoms with Crippen molar-refractivity contribution in [3.63, 3.8) is 0 Å². The van der Waals surface area contributed by atoms with Gasteiger partial charge in [-0.25, -0.2) is 4.39 Å². The van der Waals surface area contributed by atoms with Crippen LogP contribution < -0.4 is 10.6 Å². The maximum Gasteiger partial charge on any atom is 0.228 e. The van der Waals surface area contributed by atoms with Gasteiger partial charge in [0.2, 0.25) is 5.91 Å². The van der Waals surface area contributed by atoms with E-state index in [1.165, 1.54) is 6.07 Å². The Morgan fingerprint density at radius 2 is 1.71 bits per heavy atom. The second kappa shape index (κ2) is 9.03. The summed E-state index contributed by atoms with van der Waals surface area (Å²) in [7, 11) is 4.11. The SMILES string of the molecule is CN(C)CCCNc1ccc(NC(=O)Cc2ccccc2F)cc1. The fourth-order valence-corrected chi connectivity index (χ4v) is 2.32. The third-order valence-electron chi connectivity index (χ3n) is 3.59. The van der Waals surface area contributed by atoms with Crippen molar-refractivity contribution >= 4 is 17.3 Å². The van der Waals surface area contributed by atoms with Gasteiger partial charge in [0, 0.05) is 17.9 Å². The molecule has 0 fully saturated rings. The van der Waals surface area contributed by atoms with Gasteiger partial charge in [-0.15, -0.1) is 0 Å². The summed E-state index contributed by atoms with van der Waals surface area (Å²) in [5, 5.41) is 6.13. The molecular weight excluding hydrogens is 305 g/mol. The van der Waals surface area contributed by atoms with Gasteiger partial charge in [0.25, 0.3) is 0 Å². The van der Waals surface area contributed by atoms with Crippen LogP contribution in [0.25, 0.3) is 0 Å². The van der Waals surface area contributed by atoms with Crippen molar-refractivity contribution in [1.82, 2.24) is 4.90 Å². The summed E-state index contributed by atoms with van der Waals surface area (Å²) in [6.07, 6.45) is 1.09. The zero-order chi connectivity index (χ0) is 17.4. The molecule has 0 bridgehead atoms. The average molecular weight is 329 g/mol. The van der Waals surface area contributed by atoms with Crippen LogP contribution in [0, 0.1) is 5.82 Å². The highest BCUT2D eigenvalue weighted by molar-refractivity contribution is 5.92. The van der Waals surface area contributed by atoms with Gasteiger partial charge in [-0.2, -0.15) is 0 Å². The fourth-order valence-electron chi connectivity index (χ4n) is 2.32. The minimum atomic E-state index is -0.357. The van der Waals surface area contributed by atoms with Crippen molar-refractivity contribution in [3.8, 4) is 0 Å². The van der Waals surface area contributed by atoms with Crippen LogP contribution in [0.3, 0.4) is 0 Å². The first-order valence-corrected chi connectivity index (χ1v) is 8.06. The normalized spacial score (nSPS) is 10.7. The van der Waals surface area contributed by atoms with Crippen LogP contribution in [0.1, 0.15) is 12.0 Å². The van der Waals surface area contributed by atoms with Gasteiger partial charge in [-0.3, -0.25) is 4.79 Å². The predicted molar refractivity (Wildman–Crippen MR) is 96.8 cm³/mol. The molecule has 2 N–H and O–H groups in total. The van der Waals surface area contributed by atoms with E-state index in [1.807, 2.05) is 24.3 Å². The number of carbonyl (C=O) groups excluding carboxylic acids is 1. The molecule has 0 radical (unpaired) electrons. The molecule has 24 heavy (non-hydrogen) atoms. The summed E-state index contributed by atoms with van der Waals surface area (Å²) in [5.74, 6) is -0.586. The molecule has 0 heterocycles. The number of halogens is 1. The third kappa shape index (κ3) is 6.01. The van der Waals surface area contributed by atoms with E-state index in [1.54, 1.807) is 18.2 Å². The molecule has 128 valence electrons. The Morgan fingerprint density at radius 3 is 2.38 bits per heavy atom.